The van der Waals surface area contributed by atoms with Crippen LogP contribution in [0.25, 0.3) is 0 Å². The van der Waals surface area contributed by atoms with Crippen LogP contribution in [0.3, 0.4) is 0 Å². The Labute approximate surface area is 225 Å². The van der Waals surface area contributed by atoms with E-state index < -0.39 is 23.3 Å². The van der Waals surface area contributed by atoms with Crippen molar-refractivity contribution >= 4 is 29.1 Å². The van der Waals surface area contributed by atoms with Crippen LogP contribution in [0.15, 0.2) is 60.7 Å². The summed E-state index contributed by atoms with van der Waals surface area (Å²) in [6.07, 6.45) is 8.44. The van der Waals surface area contributed by atoms with Gasteiger partial charge >= 0.3 is 0 Å². The second kappa shape index (κ2) is 12.3. The van der Waals surface area contributed by atoms with Gasteiger partial charge in [-0.05, 0) is 74.8 Å². The highest BCUT2D eigenvalue weighted by Crippen LogP contribution is 2.43. The third kappa shape index (κ3) is 6.09. The monoisotopic (exact) mass is 516 g/mol. The molecule has 0 bridgehead atoms. The number of rotatable bonds is 10. The third-order valence-electron chi connectivity index (χ3n) is 8.00. The first-order chi connectivity index (χ1) is 18.3. The van der Waals surface area contributed by atoms with Crippen LogP contribution < -0.4 is 16.4 Å². The number of nitrogens with two attached hydrogens (primary N) is 1. The molecular formula is C31H40N4O3. The van der Waals surface area contributed by atoms with E-state index in [0.29, 0.717) is 38.8 Å². The summed E-state index contributed by atoms with van der Waals surface area (Å²) in [6, 6.07) is 15.6. The lowest BCUT2D eigenvalue weighted by molar-refractivity contribution is -0.143. The molecule has 1 heterocycles. The quantitative estimate of drug-likeness (QED) is 0.388. The van der Waals surface area contributed by atoms with Gasteiger partial charge in [0.1, 0.15) is 6.04 Å². The highest BCUT2D eigenvalue weighted by atomic mass is 16.2. The minimum atomic E-state index is -0.905. The van der Waals surface area contributed by atoms with Gasteiger partial charge in [0.05, 0.1) is 11.3 Å². The minimum Gasteiger partial charge on any atom is -0.369 e. The zero-order valence-corrected chi connectivity index (χ0v) is 22.5. The number of anilines is 2. The van der Waals surface area contributed by atoms with Crippen LogP contribution in [-0.4, -0.2) is 35.2 Å². The van der Waals surface area contributed by atoms with Crippen molar-refractivity contribution in [3.8, 4) is 0 Å². The molecule has 202 valence electrons. The minimum absolute atomic E-state index is 0.0685. The number of hydrogen-bond acceptors (Lipinski definition) is 4. The molecule has 2 atom stereocenters. The molecule has 2 aliphatic rings. The van der Waals surface area contributed by atoms with Gasteiger partial charge in [-0.15, -0.1) is 0 Å². The molecule has 3 amide bonds. The molecule has 2 aromatic carbocycles. The lowest BCUT2D eigenvalue weighted by Crippen LogP contribution is -2.53. The predicted octanol–water partition coefficient (Wildman–Crippen LogP) is 4.97. The van der Waals surface area contributed by atoms with Gasteiger partial charge in [0.2, 0.25) is 17.7 Å². The maximum absolute atomic E-state index is 13.6. The summed E-state index contributed by atoms with van der Waals surface area (Å²) >= 11 is 0. The number of nitrogens with one attached hydrogen (secondary N) is 2. The number of nitrogens with zero attached hydrogens (tertiary/aromatic N) is 1. The van der Waals surface area contributed by atoms with E-state index in [-0.39, 0.29) is 11.8 Å². The molecular weight excluding hydrogens is 476 g/mol. The molecule has 0 aromatic heterocycles. The maximum Gasteiger partial charge on any atom is 0.245 e. The van der Waals surface area contributed by atoms with E-state index in [0.717, 1.165) is 41.8 Å². The third-order valence-corrected chi connectivity index (χ3v) is 8.00. The first-order valence-electron chi connectivity index (χ1n) is 13.8. The predicted molar refractivity (Wildman–Crippen MR) is 151 cm³/mol. The van der Waals surface area contributed by atoms with E-state index in [1.54, 1.807) is 0 Å². The van der Waals surface area contributed by atoms with Crippen LogP contribution in [0.2, 0.25) is 0 Å². The molecule has 0 radical (unpaired) electrons. The Morgan fingerprint density at radius 2 is 1.87 bits per heavy atom. The highest BCUT2D eigenvalue weighted by molar-refractivity contribution is 5.93. The standard InChI is InChI=1S/C31H40N4O3/c1-3-11-25(31(30(32)38)17-7-8-18-31)28(36)34-27-16-6-9-19-35(29(27)37)21-23-13-10-14-24(20-23)33-26-15-5-4-12-22(26)2/h4-5,7-8,10,12-15,20,25,27,33H,3,6,9,11,16-19,21H2,1-2H3,(H2,32,38)(H,34,36)/t25-,27-/m0/s1. The SMILES string of the molecule is CCC[C@@H](C(=O)N[C@H]1CCCCN(Cc2cccc(Nc3ccccc3C)c2)C1=O)C1(C(N)=O)CC=CC1. The zero-order valence-electron chi connectivity index (χ0n) is 22.5. The number of amides is 3. The van der Waals surface area contributed by atoms with Gasteiger partial charge in [0.15, 0.2) is 0 Å². The molecule has 1 aliphatic heterocycles. The molecule has 7 heteroatoms. The van der Waals surface area contributed by atoms with E-state index in [2.05, 4.69) is 29.7 Å². The summed E-state index contributed by atoms with van der Waals surface area (Å²) in [4.78, 5) is 41.5. The number of carbonyl (C=O) groups excluding carboxylic acids is 3. The summed E-state index contributed by atoms with van der Waals surface area (Å²) in [6.45, 7) is 5.18. The summed E-state index contributed by atoms with van der Waals surface area (Å²) in [5.74, 6) is -1.29. The Morgan fingerprint density at radius 1 is 1.11 bits per heavy atom. The number of carbonyl (C=O) groups is 3. The van der Waals surface area contributed by atoms with Gasteiger partial charge in [-0.2, -0.15) is 0 Å². The number of benzene rings is 2. The fourth-order valence-corrected chi connectivity index (χ4v) is 5.78. The van der Waals surface area contributed by atoms with Crippen molar-refractivity contribution in [2.24, 2.45) is 17.1 Å². The topological polar surface area (TPSA) is 105 Å². The van der Waals surface area contributed by atoms with Crippen molar-refractivity contribution < 1.29 is 14.4 Å². The van der Waals surface area contributed by atoms with Crippen molar-refractivity contribution in [3.05, 3.63) is 71.8 Å². The molecule has 2 aromatic rings. The second-order valence-electron chi connectivity index (χ2n) is 10.7. The highest BCUT2D eigenvalue weighted by Gasteiger charge is 2.48. The maximum atomic E-state index is 13.6. The van der Waals surface area contributed by atoms with Crippen molar-refractivity contribution in [1.82, 2.24) is 10.2 Å². The van der Waals surface area contributed by atoms with Crippen molar-refractivity contribution in [1.29, 1.82) is 0 Å². The lowest BCUT2D eigenvalue weighted by atomic mass is 9.70. The van der Waals surface area contributed by atoms with Crippen LogP contribution in [0.4, 0.5) is 11.4 Å². The molecule has 1 saturated heterocycles. The van der Waals surface area contributed by atoms with Crippen LogP contribution in [0.1, 0.15) is 63.0 Å². The molecule has 0 saturated carbocycles. The fraction of sp³-hybridized carbons (Fsp3) is 0.452. The van der Waals surface area contributed by atoms with E-state index in [1.165, 1.54) is 0 Å². The van der Waals surface area contributed by atoms with Crippen LogP contribution in [-0.2, 0) is 20.9 Å². The van der Waals surface area contributed by atoms with Gasteiger partial charge in [-0.3, -0.25) is 14.4 Å². The molecule has 4 N–H and O–H groups in total. The lowest BCUT2D eigenvalue weighted by Gasteiger charge is -2.35. The van der Waals surface area contributed by atoms with Crippen LogP contribution in [0, 0.1) is 18.3 Å². The number of primary amides is 1. The van der Waals surface area contributed by atoms with Crippen molar-refractivity contribution in [2.75, 3.05) is 11.9 Å². The average molecular weight is 517 g/mol. The van der Waals surface area contributed by atoms with Crippen molar-refractivity contribution in [3.63, 3.8) is 0 Å². The average Bonchev–Trinajstić information content (AvgIpc) is 3.34. The summed E-state index contributed by atoms with van der Waals surface area (Å²) in [5.41, 5.74) is 9.12. The summed E-state index contributed by atoms with van der Waals surface area (Å²) < 4.78 is 0. The second-order valence-corrected chi connectivity index (χ2v) is 10.7. The molecule has 0 spiro atoms. The van der Waals surface area contributed by atoms with Gasteiger partial charge < -0.3 is 21.3 Å². The Balaban J connectivity index is 1.46. The molecule has 1 aliphatic carbocycles. The Kier molecular flexibility index (Phi) is 8.87. The smallest absolute Gasteiger partial charge is 0.245 e. The van der Waals surface area contributed by atoms with Crippen LogP contribution in [0.5, 0.6) is 0 Å². The normalized spacial score (nSPS) is 19.6. The summed E-state index contributed by atoms with van der Waals surface area (Å²) in [7, 11) is 0. The molecule has 0 unspecified atom stereocenters. The molecule has 38 heavy (non-hydrogen) atoms. The molecule has 4 rings (SSSR count). The van der Waals surface area contributed by atoms with E-state index in [4.69, 9.17) is 5.73 Å². The number of allylic oxidation sites excluding steroid dienone is 2. The Bertz CT molecular complexity index is 1180. The largest absolute Gasteiger partial charge is 0.369 e. The van der Waals surface area contributed by atoms with E-state index in [1.807, 2.05) is 60.4 Å². The number of aryl methyl sites for hydroxylation is 1. The number of likely N-dealkylation sites (tertiary alicyclic amines) is 1. The fourth-order valence-electron chi connectivity index (χ4n) is 5.78. The van der Waals surface area contributed by atoms with Crippen molar-refractivity contribution in [2.45, 2.75) is 71.4 Å². The van der Waals surface area contributed by atoms with Gasteiger partial charge in [-0.1, -0.05) is 55.8 Å². The van der Waals surface area contributed by atoms with E-state index >= 15 is 0 Å². The summed E-state index contributed by atoms with van der Waals surface area (Å²) in [5, 5.41) is 6.51. The van der Waals surface area contributed by atoms with Gasteiger partial charge in [-0.25, -0.2) is 0 Å². The van der Waals surface area contributed by atoms with Gasteiger partial charge in [0, 0.05) is 24.5 Å². The first-order valence-corrected chi connectivity index (χ1v) is 13.8. The molecule has 7 nitrogen and oxygen atoms in total. The number of para-hydroxylation sites is 1. The van der Waals surface area contributed by atoms with Crippen LogP contribution >= 0.6 is 0 Å². The first kappa shape index (κ1) is 27.4. The Morgan fingerprint density at radius 3 is 2.58 bits per heavy atom. The molecule has 1 fully saturated rings. The zero-order chi connectivity index (χ0) is 27.1. The van der Waals surface area contributed by atoms with E-state index in [9.17, 15) is 14.4 Å². The Hall–Kier alpha value is -3.61. The number of hydrogen-bond donors (Lipinski definition) is 3. The van der Waals surface area contributed by atoms with Gasteiger partial charge in [0.25, 0.3) is 0 Å².